The summed E-state index contributed by atoms with van der Waals surface area (Å²) in [5.41, 5.74) is 0.541. The monoisotopic (exact) mass is 494 g/mol. The van der Waals surface area contributed by atoms with Crippen molar-refractivity contribution in [3.63, 3.8) is 0 Å². The first kappa shape index (κ1) is 27.7. The van der Waals surface area contributed by atoms with Gasteiger partial charge in [0.1, 0.15) is 5.75 Å². The summed E-state index contributed by atoms with van der Waals surface area (Å²) < 4.78 is 32.9. The molecule has 0 bridgehead atoms. The summed E-state index contributed by atoms with van der Waals surface area (Å²) >= 11 is 0. The molecule has 0 aliphatic heterocycles. The molecule has 0 radical (unpaired) electrons. The van der Waals surface area contributed by atoms with E-state index in [9.17, 15) is 9.67 Å². The lowest BCUT2D eigenvalue weighted by atomic mass is 9.75. The van der Waals surface area contributed by atoms with Crippen LogP contribution in [-0.4, -0.2) is 24.4 Å². The molecule has 0 saturated heterocycles. The molecule has 5 nitrogen and oxygen atoms in total. The third kappa shape index (κ3) is 6.66. The highest BCUT2D eigenvalue weighted by Gasteiger charge is 2.46. The van der Waals surface area contributed by atoms with Gasteiger partial charge in [0.25, 0.3) is 0 Å². The topological polar surface area (TPSA) is 65.0 Å². The van der Waals surface area contributed by atoms with Crippen LogP contribution >= 0.6 is 7.60 Å². The van der Waals surface area contributed by atoms with E-state index in [-0.39, 0.29) is 12.2 Å². The van der Waals surface area contributed by atoms with Crippen LogP contribution in [0.4, 0.5) is 0 Å². The zero-order chi connectivity index (χ0) is 25.0. The van der Waals surface area contributed by atoms with E-state index in [0.29, 0.717) is 46.8 Å². The van der Waals surface area contributed by atoms with Gasteiger partial charge in [-0.15, -0.1) is 0 Å². The van der Waals surface area contributed by atoms with Crippen molar-refractivity contribution in [3.8, 4) is 5.75 Å². The maximum Gasteiger partial charge on any atom is 0.363 e. The van der Waals surface area contributed by atoms with Gasteiger partial charge in [0.2, 0.25) is 0 Å². The van der Waals surface area contributed by atoms with Crippen LogP contribution in [0.3, 0.4) is 0 Å². The molecule has 1 aromatic carbocycles. The molecule has 2 aliphatic rings. The molecule has 1 unspecified atom stereocenters. The number of methoxy groups -OCH3 is 1. The second-order valence-corrected chi connectivity index (χ2v) is 13.6. The van der Waals surface area contributed by atoms with Crippen LogP contribution in [0.15, 0.2) is 24.3 Å². The minimum atomic E-state index is -3.89. The second kappa shape index (κ2) is 11.9. The van der Waals surface area contributed by atoms with E-state index < -0.39 is 13.4 Å². The molecule has 2 aliphatic carbocycles. The Morgan fingerprint density at radius 3 is 1.65 bits per heavy atom. The standard InChI is InChI=1S/C28H47O5P/c1-18(2)24-14-8-20(5)16-26(24)32-34(30,28(29)22-10-12-23(31-7)13-11-22)33-27-17-21(6)9-15-25(27)19(3)4/h10-13,18-21,24-29H,8-9,14-17H2,1-7H3/t20-,21+,24-,25+,26-,27-,28-,34?/m1/s1. The van der Waals surface area contributed by atoms with Crippen LogP contribution in [0.5, 0.6) is 5.75 Å². The van der Waals surface area contributed by atoms with Crippen LogP contribution in [0.25, 0.3) is 0 Å². The lowest BCUT2D eigenvalue weighted by Crippen LogP contribution is -2.37. The van der Waals surface area contributed by atoms with Crippen molar-refractivity contribution < 1.29 is 23.5 Å². The largest absolute Gasteiger partial charge is 0.497 e. The van der Waals surface area contributed by atoms with Gasteiger partial charge >= 0.3 is 7.60 Å². The normalized spacial score (nSPS) is 33.0. The summed E-state index contributed by atoms with van der Waals surface area (Å²) in [5, 5.41) is 11.5. The molecule has 194 valence electrons. The van der Waals surface area contributed by atoms with Crippen molar-refractivity contribution in [2.24, 2.45) is 35.5 Å². The van der Waals surface area contributed by atoms with E-state index >= 15 is 0 Å². The molecule has 2 saturated carbocycles. The van der Waals surface area contributed by atoms with E-state index in [2.05, 4.69) is 41.5 Å². The quantitative estimate of drug-likeness (QED) is 0.354. The molecule has 0 spiro atoms. The van der Waals surface area contributed by atoms with Crippen molar-refractivity contribution in [2.75, 3.05) is 7.11 Å². The molecular formula is C28H47O5P. The molecule has 8 atom stereocenters. The number of hydrogen-bond acceptors (Lipinski definition) is 5. The summed E-state index contributed by atoms with van der Waals surface area (Å²) in [6.45, 7) is 13.3. The average Bonchev–Trinajstić information content (AvgIpc) is 2.78. The SMILES string of the molecule is COc1ccc([C@H](O)P(=O)(O[C@@H]2C[C@H](C)CC[C@@H]2C(C)C)O[C@@H]2C[C@@H](C)CC[C@H]2C(C)C)cc1. The maximum atomic E-state index is 14.6. The van der Waals surface area contributed by atoms with E-state index in [0.717, 1.165) is 38.5 Å². The molecule has 1 aromatic rings. The van der Waals surface area contributed by atoms with Gasteiger partial charge in [-0.3, -0.25) is 4.57 Å². The molecular weight excluding hydrogens is 447 g/mol. The predicted octanol–water partition coefficient (Wildman–Crippen LogP) is 7.83. The summed E-state index contributed by atoms with van der Waals surface area (Å²) in [4.78, 5) is 0. The number of hydrogen-bond donors (Lipinski definition) is 1. The van der Waals surface area contributed by atoms with Crippen molar-refractivity contribution in [1.29, 1.82) is 0 Å². The van der Waals surface area contributed by atoms with Gasteiger partial charge in [0.05, 0.1) is 19.3 Å². The number of rotatable bonds is 9. The Kier molecular flexibility index (Phi) is 9.71. The molecule has 1 N–H and O–H groups in total. The van der Waals surface area contributed by atoms with Crippen molar-refractivity contribution in [1.82, 2.24) is 0 Å². The zero-order valence-electron chi connectivity index (χ0n) is 22.3. The van der Waals surface area contributed by atoms with Gasteiger partial charge in [0.15, 0.2) is 5.85 Å². The van der Waals surface area contributed by atoms with E-state index in [1.54, 1.807) is 31.4 Å². The highest BCUT2D eigenvalue weighted by molar-refractivity contribution is 7.54. The molecule has 3 rings (SSSR count). The van der Waals surface area contributed by atoms with Gasteiger partial charge in [0, 0.05) is 0 Å². The second-order valence-electron chi connectivity index (χ2n) is 11.6. The molecule has 0 heterocycles. The smallest absolute Gasteiger partial charge is 0.363 e. The van der Waals surface area contributed by atoms with Crippen LogP contribution in [0.2, 0.25) is 0 Å². The number of aliphatic hydroxyl groups excluding tert-OH is 1. The first-order valence-corrected chi connectivity index (χ1v) is 14.9. The highest BCUT2D eigenvalue weighted by Crippen LogP contribution is 2.64. The Hall–Kier alpha value is -0.870. The van der Waals surface area contributed by atoms with E-state index in [4.69, 9.17) is 13.8 Å². The van der Waals surface area contributed by atoms with Crippen LogP contribution in [0, 0.1) is 35.5 Å². The minimum absolute atomic E-state index is 0.180. The summed E-state index contributed by atoms with van der Waals surface area (Å²) in [5.74, 6) is 1.83. The number of benzene rings is 1. The van der Waals surface area contributed by atoms with Crippen LogP contribution in [0.1, 0.15) is 91.5 Å². The third-order valence-electron chi connectivity index (χ3n) is 8.20. The van der Waals surface area contributed by atoms with Crippen LogP contribution in [-0.2, 0) is 13.6 Å². The zero-order valence-corrected chi connectivity index (χ0v) is 23.2. The molecule has 6 heteroatoms. The van der Waals surface area contributed by atoms with Gasteiger partial charge in [-0.2, -0.15) is 0 Å². The van der Waals surface area contributed by atoms with Crippen molar-refractivity contribution >= 4 is 7.60 Å². The molecule has 0 amide bonds. The summed E-state index contributed by atoms with van der Waals surface area (Å²) in [6, 6.07) is 7.08. The Morgan fingerprint density at radius 2 is 1.26 bits per heavy atom. The van der Waals surface area contributed by atoms with Gasteiger partial charge in [-0.05, 0) is 78.9 Å². The third-order valence-corrected chi connectivity index (χ3v) is 10.2. The minimum Gasteiger partial charge on any atom is -0.497 e. The van der Waals surface area contributed by atoms with Gasteiger partial charge in [-0.25, -0.2) is 0 Å². The molecule has 34 heavy (non-hydrogen) atoms. The lowest BCUT2D eigenvalue weighted by Gasteiger charge is -2.42. The van der Waals surface area contributed by atoms with Crippen molar-refractivity contribution in [2.45, 2.75) is 98.1 Å². The fourth-order valence-electron chi connectivity index (χ4n) is 5.95. The average molecular weight is 495 g/mol. The highest BCUT2D eigenvalue weighted by atomic mass is 31.2. The first-order valence-electron chi connectivity index (χ1n) is 13.3. The Labute approximate surface area is 207 Å². The summed E-state index contributed by atoms with van der Waals surface area (Å²) in [6.07, 6.45) is 5.76. The lowest BCUT2D eigenvalue weighted by molar-refractivity contribution is -0.0154. The fourth-order valence-corrected chi connectivity index (χ4v) is 8.01. The van der Waals surface area contributed by atoms with Crippen LogP contribution < -0.4 is 4.74 Å². The Balaban J connectivity index is 1.94. The Bertz CT molecular complexity index is 770. The maximum absolute atomic E-state index is 14.6. The number of aliphatic hydroxyl groups is 1. The van der Waals surface area contributed by atoms with E-state index in [1.807, 2.05) is 0 Å². The van der Waals surface area contributed by atoms with E-state index in [1.165, 1.54) is 0 Å². The number of ether oxygens (including phenoxy) is 1. The fraction of sp³-hybridized carbons (Fsp3) is 0.786. The Morgan fingerprint density at radius 1 is 0.824 bits per heavy atom. The van der Waals surface area contributed by atoms with Gasteiger partial charge < -0.3 is 18.9 Å². The predicted molar refractivity (Wildman–Crippen MR) is 138 cm³/mol. The van der Waals surface area contributed by atoms with Crippen molar-refractivity contribution in [3.05, 3.63) is 29.8 Å². The summed E-state index contributed by atoms with van der Waals surface area (Å²) in [7, 11) is -2.28. The molecule has 0 aromatic heterocycles. The molecule has 2 fully saturated rings. The first-order chi connectivity index (χ1) is 16.0. The van der Waals surface area contributed by atoms with Gasteiger partial charge in [-0.1, -0.05) is 66.5 Å².